The van der Waals surface area contributed by atoms with Crippen LogP contribution in [0.3, 0.4) is 0 Å². The van der Waals surface area contributed by atoms with Gasteiger partial charge in [0.15, 0.2) is 11.3 Å². The zero-order chi connectivity index (χ0) is 68.6. The number of carbonyl (C=O) groups is 4. The Morgan fingerprint density at radius 2 is 0.990 bits per heavy atom. The van der Waals surface area contributed by atoms with E-state index in [1.54, 1.807) is 59.6 Å². The Hall–Kier alpha value is -10.7. The minimum atomic E-state index is -1.25. The average molecular weight is 1370 g/mol. The quantitative estimate of drug-likeness (QED) is 0.0137. The number of β-amino-alcohol motifs (C(OH)–C–C–N with tert-alkyl or cyclic N) is 2. The number of nitrogens with two attached hydrogens (primary N) is 3. The first-order valence-corrected chi connectivity index (χ1v) is 33.2. The van der Waals surface area contributed by atoms with Crippen LogP contribution in [0.5, 0.6) is 11.8 Å². The molecule has 97 heavy (non-hydrogen) atoms. The molecule has 30 heteroatoms. The number of anilines is 5. The number of imidazole rings is 2. The zero-order valence-electron chi connectivity index (χ0n) is 52.2. The molecular formula is C67H68N16O11S3. The standard InChI is InChI=1S/C29H27N7O5S.C14H14N2O3S.C13H14N6O.C11H13NO2S/c30-15-21(28(38)39)13-20-5-7-22-23(14-20)42-12-10-36(22)9-11-40-24(37)8-6-18-1-3-19(4-2-18)16-41-27-25-26(33-17-32-25)34-29(31)35-27;15-9-11(14(18)19)7-10-1-2-12-13(8-10)20-6-4-16(12)3-5-17;14-5-8-1-3-9(4-2-8)6-20-12-10-11(17-7-16-10)18-13(15)19-12;13-5-3-12-4-6-15-11-7-9(8-14)1-2-10(11)12/h1-5,7,13-14,17H,6,8-12,16H2,(H,38,39)(H3,31,32,33,34,35);1-2,7-8,17H,3-6H2,(H,18,19);1-4,7H,5-6,14H2,(H3,15,16,17,18,19);1-2,7-8,13H,3-6H2/b21-13+;11-7+;;. The highest BCUT2D eigenvalue weighted by molar-refractivity contribution is 8.00. The number of rotatable bonds is 22. The molecule has 0 amide bonds. The number of aliphatic carboxylic acids is 2. The summed E-state index contributed by atoms with van der Waals surface area (Å²) in [5, 5.41) is 53.7. The molecule has 0 spiro atoms. The van der Waals surface area contributed by atoms with E-state index < -0.39 is 11.9 Å². The molecule has 9 aromatic rings. The second kappa shape index (κ2) is 35.1. The van der Waals surface area contributed by atoms with Crippen LogP contribution in [-0.2, 0) is 45.3 Å². The number of esters is 1. The fourth-order valence-electron chi connectivity index (χ4n) is 10.0. The maximum absolute atomic E-state index is 12.4. The van der Waals surface area contributed by atoms with Gasteiger partial charge in [0.2, 0.25) is 23.7 Å². The van der Waals surface area contributed by atoms with Crippen molar-refractivity contribution in [2.45, 2.75) is 47.3 Å². The van der Waals surface area contributed by atoms with Crippen LogP contribution in [0.15, 0.2) is 142 Å². The van der Waals surface area contributed by atoms with Crippen LogP contribution in [0.25, 0.3) is 34.5 Å². The Bertz CT molecular complexity index is 4390. The topological polar surface area (TPSA) is 421 Å². The van der Waals surface area contributed by atoms with Crippen LogP contribution in [-0.4, -0.2) is 161 Å². The molecule has 3 aliphatic rings. The normalized spacial score (nSPS) is 13.1. The van der Waals surface area contributed by atoms with Crippen molar-refractivity contribution < 1.29 is 53.8 Å². The van der Waals surface area contributed by atoms with Gasteiger partial charge in [0.25, 0.3) is 0 Å². The Kier molecular flexibility index (Phi) is 25.6. The van der Waals surface area contributed by atoms with Crippen LogP contribution in [0.1, 0.15) is 50.2 Å². The number of fused-ring (bicyclic) bond motifs is 5. The van der Waals surface area contributed by atoms with Crippen LogP contribution < -0.4 is 41.4 Å². The lowest BCUT2D eigenvalue weighted by atomic mass is 10.1. The predicted molar refractivity (Wildman–Crippen MR) is 371 cm³/mol. The number of benzene rings is 5. The molecule has 0 atom stereocenters. The monoisotopic (exact) mass is 1370 g/mol. The maximum Gasteiger partial charge on any atom is 0.346 e. The van der Waals surface area contributed by atoms with Crippen LogP contribution in [0.4, 0.5) is 29.0 Å². The Balaban J connectivity index is 0.000000167. The van der Waals surface area contributed by atoms with Crippen LogP contribution in [0, 0.1) is 22.7 Å². The molecule has 0 bridgehead atoms. The number of hydrogen-bond acceptors (Lipinski definition) is 26. The number of aliphatic hydroxyl groups is 2. The van der Waals surface area contributed by atoms with Crippen molar-refractivity contribution in [3.05, 3.63) is 166 Å². The molecule has 0 fully saturated rings. The number of aldehydes is 1. The summed E-state index contributed by atoms with van der Waals surface area (Å²) in [6, 6.07) is 35.8. The largest absolute Gasteiger partial charge is 0.477 e. The van der Waals surface area contributed by atoms with E-state index in [2.05, 4.69) is 54.6 Å². The van der Waals surface area contributed by atoms with E-state index >= 15 is 0 Å². The van der Waals surface area contributed by atoms with Crippen LogP contribution in [0.2, 0.25) is 0 Å². The summed E-state index contributed by atoms with van der Waals surface area (Å²) < 4.78 is 17.0. The molecule has 7 heterocycles. The maximum atomic E-state index is 12.4. The van der Waals surface area contributed by atoms with Gasteiger partial charge in [-0.25, -0.2) is 19.6 Å². The highest BCUT2D eigenvalue weighted by Crippen LogP contribution is 2.38. The number of nitrogens with zero attached hydrogens (tertiary/aromatic N) is 11. The first-order chi connectivity index (χ1) is 47.1. The summed E-state index contributed by atoms with van der Waals surface area (Å²) in [4.78, 5) is 84.8. The van der Waals surface area contributed by atoms with Gasteiger partial charge in [-0.15, -0.1) is 35.3 Å². The predicted octanol–water partition coefficient (Wildman–Crippen LogP) is 7.55. The van der Waals surface area contributed by atoms with Crippen molar-refractivity contribution in [2.24, 2.45) is 5.73 Å². The lowest BCUT2D eigenvalue weighted by Gasteiger charge is -2.30. The number of aryl methyl sites for hydroxylation is 1. The van der Waals surface area contributed by atoms with Gasteiger partial charge in [-0.05, 0) is 94.4 Å². The molecular weight excluding hydrogens is 1300 g/mol. The number of carbonyl (C=O) groups excluding carboxylic acids is 2. The summed E-state index contributed by atoms with van der Waals surface area (Å²) in [5.41, 5.74) is 27.7. The highest BCUT2D eigenvalue weighted by atomic mass is 32.2. The Labute approximate surface area is 569 Å². The summed E-state index contributed by atoms with van der Waals surface area (Å²) in [6.45, 7) is 6.15. The molecule has 3 aliphatic heterocycles. The van der Waals surface area contributed by atoms with Gasteiger partial charge in [0.05, 0.1) is 49.5 Å². The highest BCUT2D eigenvalue weighted by Gasteiger charge is 2.22. The van der Waals surface area contributed by atoms with Crippen molar-refractivity contribution in [3.63, 3.8) is 0 Å². The Morgan fingerprint density at radius 1 is 0.577 bits per heavy atom. The number of H-pyrrole nitrogens is 2. The van der Waals surface area contributed by atoms with Gasteiger partial charge in [-0.3, -0.25) is 9.59 Å². The van der Waals surface area contributed by atoms with E-state index in [0.717, 1.165) is 97.2 Å². The number of carboxylic acid groups (broad SMARTS) is 2. The third kappa shape index (κ3) is 19.7. The number of aromatic amines is 2. The Morgan fingerprint density at radius 3 is 1.40 bits per heavy atom. The zero-order valence-corrected chi connectivity index (χ0v) is 54.7. The van der Waals surface area contributed by atoms with Crippen molar-refractivity contribution in [2.75, 3.05) is 103 Å². The fraction of sp³-hybridized carbons (Fsp3) is 0.254. The molecule has 0 unspecified atom stereocenters. The molecule has 4 aromatic heterocycles. The van der Waals surface area contributed by atoms with E-state index in [0.29, 0.717) is 90.0 Å². The number of aliphatic hydroxyl groups excluding tert-OH is 2. The van der Waals surface area contributed by atoms with Gasteiger partial charge in [-0.2, -0.15) is 30.5 Å². The summed E-state index contributed by atoms with van der Waals surface area (Å²) in [5.74, 6) is 0.988. The summed E-state index contributed by atoms with van der Waals surface area (Å²) in [7, 11) is 0. The van der Waals surface area contributed by atoms with Crippen molar-refractivity contribution in [3.8, 4) is 23.9 Å². The number of carboxylic acids is 2. The van der Waals surface area contributed by atoms with E-state index in [1.165, 1.54) is 24.8 Å². The van der Waals surface area contributed by atoms with Gasteiger partial charge in [0.1, 0.15) is 60.4 Å². The van der Waals surface area contributed by atoms with Gasteiger partial charge >= 0.3 is 17.9 Å². The number of nitrogen functional groups attached to an aromatic ring is 2. The van der Waals surface area contributed by atoms with E-state index in [-0.39, 0.29) is 61.9 Å². The molecule has 27 nitrogen and oxygen atoms in total. The first kappa shape index (κ1) is 70.6. The lowest BCUT2D eigenvalue weighted by molar-refractivity contribution is -0.143. The summed E-state index contributed by atoms with van der Waals surface area (Å²) >= 11 is 5.13. The molecule has 5 aromatic carbocycles. The first-order valence-electron chi connectivity index (χ1n) is 30.3. The SMILES string of the molecule is N#C/C(=C\c1ccc2c(c1)SCCN2CCO)C(=O)O.N#C/C(=C\c1ccc2c(c1)SCCN2CCOC(=O)CCc1ccc(COc2nc(N)nc3nc[nH]c23)cc1)C(=O)O.NCc1ccc(COc2nc(N)nc3nc[nH]c23)cc1.O=Cc1ccc2c(c1)SCCN2CCO. The molecule has 0 aliphatic carbocycles. The number of nitriles is 2. The minimum Gasteiger partial charge on any atom is -0.477 e. The van der Waals surface area contributed by atoms with E-state index in [1.807, 2.05) is 91.0 Å². The van der Waals surface area contributed by atoms with Crippen molar-refractivity contribution in [1.82, 2.24) is 39.9 Å². The van der Waals surface area contributed by atoms with Gasteiger partial charge in [-0.1, -0.05) is 60.7 Å². The molecule has 12 rings (SSSR count). The van der Waals surface area contributed by atoms with Crippen LogP contribution >= 0.6 is 35.3 Å². The third-order valence-electron chi connectivity index (χ3n) is 14.8. The second-order valence-corrected chi connectivity index (χ2v) is 24.7. The van der Waals surface area contributed by atoms with Gasteiger partial charge in [0, 0.05) is 83.2 Å². The number of hydrogen-bond donors (Lipinski definition) is 9. The number of ether oxygens (including phenoxy) is 3. The van der Waals surface area contributed by atoms with E-state index in [9.17, 15) is 19.2 Å². The average Bonchev–Trinajstić information content (AvgIpc) is 1.32. The second-order valence-electron chi connectivity index (χ2n) is 21.3. The molecule has 500 valence electrons. The third-order valence-corrected chi connectivity index (χ3v) is 17.9. The molecule has 12 N–H and O–H groups in total. The number of nitrogens with one attached hydrogen (secondary N) is 2. The fourth-order valence-corrected chi connectivity index (χ4v) is 13.3. The van der Waals surface area contributed by atoms with Crippen molar-refractivity contribution >= 4 is 123 Å². The molecule has 0 saturated heterocycles. The van der Waals surface area contributed by atoms with Crippen molar-refractivity contribution in [1.29, 1.82) is 10.5 Å². The van der Waals surface area contributed by atoms with E-state index in [4.69, 9.17) is 62.4 Å². The number of thioether (sulfide) groups is 3. The minimum absolute atomic E-state index is 0.0868. The van der Waals surface area contributed by atoms with Gasteiger partial charge < -0.3 is 76.5 Å². The summed E-state index contributed by atoms with van der Waals surface area (Å²) in [6.07, 6.45) is 7.45. The molecule has 0 saturated carbocycles. The molecule has 0 radical (unpaired) electrons. The number of aromatic nitrogens is 8. The smallest absolute Gasteiger partial charge is 0.346 e. The lowest BCUT2D eigenvalue weighted by Crippen LogP contribution is -2.33.